The van der Waals surface area contributed by atoms with Crippen LogP contribution in [0.2, 0.25) is 5.02 Å². The largest absolute Gasteiger partial charge is 0.462 e. The zero-order valence-electron chi connectivity index (χ0n) is 46.0. The first-order chi connectivity index (χ1) is 38.5. The minimum absolute atomic E-state index is 0.0172. The molecule has 21 heteroatoms. The summed E-state index contributed by atoms with van der Waals surface area (Å²) in [5.74, 6) is -2.33. The first-order valence-corrected chi connectivity index (χ1v) is 28.8. The van der Waals surface area contributed by atoms with Crippen molar-refractivity contribution < 1.29 is 38.1 Å². The first kappa shape index (κ1) is 57.9. The van der Waals surface area contributed by atoms with Crippen molar-refractivity contribution in [3.8, 4) is 22.5 Å². The number of nitrogens with one attached hydrogen (secondary N) is 2. The zero-order chi connectivity index (χ0) is 56.7. The van der Waals surface area contributed by atoms with Crippen LogP contribution in [0, 0.1) is 23.7 Å². The van der Waals surface area contributed by atoms with E-state index in [2.05, 4.69) is 49.0 Å². The second-order valence-corrected chi connectivity index (χ2v) is 23.5. The predicted molar refractivity (Wildman–Crippen MR) is 306 cm³/mol. The van der Waals surface area contributed by atoms with E-state index in [1.807, 2.05) is 87.8 Å². The molecular formula is C59H71ClFN11O7S. The number of rotatable bonds is 20. The van der Waals surface area contributed by atoms with Crippen molar-refractivity contribution in [2.75, 3.05) is 75.4 Å². The number of fused-ring (bicyclic) bond motifs is 2. The molecule has 3 saturated heterocycles. The first-order valence-electron chi connectivity index (χ1n) is 27.6. The standard InChI is InChI=1S/C59H71ClFN11O7S/c1-37(61)56(76)71-27-26-70(32-42(71)19-22-62)54-45-20-25-69(48-14-7-11-40-10-6-13-46(60)51(40)48)34-47(45)65-58(67-54)79-35-43-12-8-23-68(43)24-9-28-78-29-21-50(74)66-53(59(3,4)5)57(77)72-33-44(73)30-49(72)55(75)63-31-39-15-17-41(18-16-39)52-38(2)64-36-80-52/h6-7,10-11,13-18,36,42-44,49,53,73H,1,8-9,12,19-21,23-35H2,2-5H3,(H,63,75)(H,66,74)/t42-,43-,44+,49-,53+/m0/s1. The van der Waals surface area contributed by atoms with Gasteiger partial charge in [-0.15, -0.1) is 11.3 Å². The number of aryl methyl sites for hydroxylation is 1. The number of thiazole rings is 1. The fourth-order valence-corrected chi connectivity index (χ4v) is 12.5. The minimum Gasteiger partial charge on any atom is -0.462 e. The van der Waals surface area contributed by atoms with Crippen molar-refractivity contribution in [3.05, 3.63) is 106 Å². The molecule has 0 aliphatic carbocycles. The van der Waals surface area contributed by atoms with Crippen LogP contribution >= 0.6 is 22.9 Å². The van der Waals surface area contributed by atoms with Gasteiger partial charge in [0.25, 0.3) is 5.91 Å². The highest BCUT2D eigenvalue weighted by Gasteiger charge is 2.45. The third-order valence-corrected chi connectivity index (χ3v) is 16.9. The highest BCUT2D eigenvalue weighted by Crippen LogP contribution is 2.38. The van der Waals surface area contributed by atoms with Crippen LogP contribution in [0.3, 0.4) is 0 Å². The van der Waals surface area contributed by atoms with Gasteiger partial charge in [0.1, 0.15) is 24.5 Å². The Labute approximate surface area is 475 Å². The average Bonchev–Trinajstić information content (AvgIpc) is 4.28. The number of benzene rings is 3. The number of nitriles is 1. The molecule has 4 aliphatic heterocycles. The molecule has 424 valence electrons. The Bertz CT molecular complexity index is 3110. The number of aromatic nitrogens is 3. The lowest BCUT2D eigenvalue weighted by Gasteiger charge is -2.42. The molecule has 3 N–H and O–H groups in total. The highest BCUT2D eigenvalue weighted by atomic mass is 35.5. The molecular weight excluding hydrogens is 1060 g/mol. The van der Waals surface area contributed by atoms with E-state index in [9.17, 15) is 33.9 Å². The maximum Gasteiger partial charge on any atom is 0.318 e. The molecule has 3 aromatic carbocycles. The second kappa shape index (κ2) is 25.8. The molecule has 0 bridgehead atoms. The number of piperazine rings is 1. The Balaban J connectivity index is 0.772. The van der Waals surface area contributed by atoms with E-state index >= 15 is 0 Å². The van der Waals surface area contributed by atoms with Crippen LogP contribution in [0.5, 0.6) is 6.01 Å². The van der Waals surface area contributed by atoms with Crippen LogP contribution in [-0.2, 0) is 43.4 Å². The molecule has 4 aliphatic rings. The summed E-state index contributed by atoms with van der Waals surface area (Å²) < 4.78 is 26.6. The van der Waals surface area contributed by atoms with Gasteiger partial charge < -0.3 is 44.8 Å². The van der Waals surface area contributed by atoms with E-state index in [1.165, 1.54) is 9.80 Å². The molecule has 5 aromatic rings. The number of anilines is 2. The van der Waals surface area contributed by atoms with Crippen molar-refractivity contribution in [2.24, 2.45) is 5.41 Å². The number of aliphatic hydroxyl groups excluding tert-OH is 1. The van der Waals surface area contributed by atoms with Crippen LogP contribution < -0.4 is 25.2 Å². The quantitative estimate of drug-likeness (QED) is 0.0523. The number of hydrogen-bond acceptors (Lipinski definition) is 15. The molecule has 80 heavy (non-hydrogen) atoms. The summed E-state index contributed by atoms with van der Waals surface area (Å²) >= 11 is 8.36. The number of amides is 4. The van der Waals surface area contributed by atoms with Gasteiger partial charge in [-0.05, 0) is 73.2 Å². The van der Waals surface area contributed by atoms with E-state index in [4.69, 9.17) is 31.0 Å². The number of aliphatic hydroxyl groups is 1. The molecule has 0 unspecified atom stereocenters. The summed E-state index contributed by atoms with van der Waals surface area (Å²) in [5, 5.41) is 28.9. The number of likely N-dealkylation sites (tertiary alicyclic amines) is 2. The normalized spacial score (nSPS) is 19.9. The second-order valence-electron chi connectivity index (χ2n) is 22.2. The van der Waals surface area contributed by atoms with Gasteiger partial charge in [0.15, 0.2) is 5.83 Å². The molecule has 18 nitrogen and oxygen atoms in total. The fourth-order valence-electron chi connectivity index (χ4n) is 11.4. The highest BCUT2D eigenvalue weighted by molar-refractivity contribution is 7.13. The molecule has 0 radical (unpaired) electrons. The van der Waals surface area contributed by atoms with Gasteiger partial charge in [-0.3, -0.25) is 24.1 Å². The van der Waals surface area contributed by atoms with Gasteiger partial charge in [0.2, 0.25) is 17.7 Å². The van der Waals surface area contributed by atoms with Crippen LogP contribution in [0.15, 0.2) is 78.6 Å². The lowest BCUT2D eigenvalue weighted by Crippen LogP contribution is -2.57. The Morgan fingerprint density at radius 1 is 0.988 bits per heavy atom. The van der Waals surface area contributed by atoms with E-state index in [-0.39, 0.29) is 75.9 Å². The summed E-state index contributed by atoms with van der Waals surface area (Å²) in [6.07, 6.45) is 2.49. The molecule has 5 atom stereocenters. The van der Waals surface area contributed by atoms with Crippen LogP contribution in [0.25, 0.3) is 21.2 Å². The van der Waals surface area contributed by atoms with Gasteiger partial charge >= 0.3 is 6.01 Å². The summed E-state index contributed by atoms with van der Waals surface area (Å²) in [7, 11) is 0. The number of nitrogens with zero attached hydrogens (tertiary/aromatic N) is 9. The number of ether oxygens (including phenoxy) is 2. The number of carbonyl (C=O) groups excluding carboxylic acids is 4. The monoisotopic (exact) mass is 1130 g/mol. The maximum absolute atomic E-state index is 14.2. The van der Waals surface area contributed by atoms with Crippen molar-refractivity contribution in [2.45, 2.75) is 116 Å². The third kappa shape index (κ3) is 13.5. The third-order valence-electron chi connectivity index (χ3n) is 15.6. The Hall–Kier alpha value is -6.76. The SMILES string of the molecule is C=C(F)C(=O)N1CCN(c2nc(OC[C@@H]3CCCN3CCCOCCC(=O)N[C@H](C(=O)N3C[C@H](O)C[C@H]3C(=O)NCc3ccc(-c4scnc4C)cc3)C(C)(C)C)nc3c2CCN(c2cccc4cccc(Cl)c24)C3)C[C@@H]1CC#N. The predicted octanol–water partition coefficient (Wildman–Crippen LogP) is 7.14. The van der Waals surface area contributed by atoms with Crippen LogP contribution in [-0.4, -0.2) is 154 Å². The van der Waals surface area contributed by atoms with Gasteiger partial charge in [-0.25, -0.2) is 9.37 Å². The van der Waals surface area contributed by atoms with Crippen molar-refractivity contribution >= 4 is 68.8 Å². The number of carbonyl (C=O) groups is 4. The summed E-state index contributed by atoms with van der Waals surface area (Å²) in [6, 6.07) is 20.0. The molecule has 3 fully saturated rings. The lowest BCUT2D eigenvalue weighted by atomic mass is 9.85. The molecule has 0 spiro atoms. The fraction of sp³-hybridized carbons (Fsp3) is 0.492. The number of β-amino-alcohol motifs (C(OH)–C–C–N with tert-alkyl or cyclic N) is 1. The van der Waals surface area contributed by atoms with E-state index in [0.717, 1.165) is 75.3 Å². The average molecular weight is 1130 g/mol. The van der Waals surface area contributed by atoms with Gasteiger partial charge in [0, 0.05) is 87.9 Å². The topological polar surface area (TPSA) is 210 Å². The van der Waals surface area contributed by atoms with Crippen LogP contribution in [0.4, 0.5) is 15.9 Å². The van der Waals surface area contributed by atoms with E-state index in [0.29, 0.717) is 56.5 Å². The van der Waals surface area contributed by atoms with Gasteiger partial charge in [-0.2, -0.15) is 15.2 Å². The lowest BCUT2D eigenvalue weighted by molar-refractivity contribution is -0.144. The molecule has 6 heterocycles. The van der Waals surface area contributed by atoms with Crippen molar-refractivity contribution in [1.29, 1.82) is 5.26 Å². The molecule has 4 amide bonds. The van der Waals surface area contributed by atoms with Crippen molar-refractivity contribution in [3.63, 3.8) is 0 Å². The Morgan fingerprint density at radius 2 is 1.77 bits per heavy atom. The Kier molecular flexibility index (Phi) is 18.7. The summed E-state index contributed by atoms with van der Waals surface area (Å²) in [6.45, 7) is 15.5. The Morgan fingerprint density at radius 3 is 2.51 bits per heavy atom. The van der Waals surface area contributed by atoms with Gasteiger partial charge in [-0.1, -0.05) is 87.5 Å². The summed E-state index contributed by atoms with van der Waals surface area (Å²) in [4.78, 5) is 78.9. The number of halogens is 2. The van der Waals surface area contributed by atoms with E-state index < -0.39 is 47.3 Å². The minimum atomic E-state index is -1.06. The smallest absolute Gasteiger partial charge is 0.318 e. The zero-order valence-corrected chi connectivity index (χ0v) is 47.5. The van der Waals surface area contributed by atoms with Gasteiger partial charge in [0.05, 0.1) is 64.6 Å². The van der Waals surface area contributed by atoms with Crippen molar-refractivity contribution in [1.82, 2.24) is 40.3 Å². The molecule has 0 saturated carbocycles. The maximum atomic E-state index is 14.2. The molecule has 2 aromatic heterocycles. The van der Waals surface area contributed by atoms with Crippen LogP contribution in [0.1, 0.15) is 81.8 Å². The molecule has 9 rings (SSSR count). The van der Waals surface area contributed by atoms with E-state index in [1.54, 1.807) is 11.3 Å². The summed E-state index contributed by atoms with van der Waals surface area (Å²) in [5.41, 5.74) is 6.77. The number of hydrogen-bond donors (Lipinski definition) is 3.